The third-order valence-corrected chi connectivity index (χ3v) is 6.27. The predicted molar refractivity (Wildman–Crippen MR) is 130 cm³/mol. The van der Waals surface area contributed by atoms with Crippen LogP contribution < -0.4 is 10.1 Å². The number of nitrogens with one attached hydrogen (secondary N) is 1. The van der Waals surface area contributed by atoms with Gasteiger partial charge >= 0.3 is 0 Å². The molecule has 3 heterocycles. The Bertz CT molecular complexity index is 1340. The number of rotatable bonds is 5. The van der Waals surface area contributed by atoms with Gasteiger partial charge < -0.3 is 15.0 Å². The number of carbonyl (C=O) groups is 1. The number of carbonyl (C=O) groups excluding carboxylic acids is 1. The molecule has 7 heteroatoms. The number of ether oxygens (including phenoxy) is 1. The Morgan fingerprint density at radius 1 is 1.12 bits per heavy atom. The Morgan fingerprint density at radius 2 is 1.88 bits per heavy atom. The van der Waals surface area contributed by atoms with E-state index in [9.17, 15) is 9.18 Å². The van der Waals surface area contributed by atoms with Crippen LogP contribution in [-0.2, 0) is 6.42 Å². The first-order chi connectivity index (χ1) is 16.6. The highest BCUT2D eigenvalue weighted by atomic mass is 19.1. The first-order valence-corrected chi connectivity index (χ1v) is 11.6. The second kappa shape index (κ2) is 9.27. The monoisotopic (exact) mass is 458 g/mol. The highest BCUT2D eigenvalue weighted by molar-refractivity contribution is 6.10. The molecule has 0 bridgehead atoms. The van der Waals surface area contributed by atoms with E-state index in [-0.39, 0.29) is 5.91 Å². The zero-order valence-corrected chi connectivity index (χ0v) is 19.3. The number of fused-ring (bicyclic) bond motifs is 1. The van der Waals surface area contributed by atoms with Gasteiger partial charge in [0.2, 0.25) is 5.88 Å². The average Bonchev–Trinajstić information content (AvgIpc) is 3.20. The van der Waals surface area contributed by atoms with Crippen LogP contribution in [0.2, 0.25) is 0 Å². The van der Waals surface area contributed by atoms with Gasteiger partial charge in [-0.3, -0.25) is 9.36 Å². The predicted octanol–water partition coefficient (Wildman–Crippen LogP) is 4.87. The summed E-state index contributed by atoms with van der Waals surface area (Å²) < 4.78 is 22.5. The molecule has 0 aliphatic carbocycles. The number of hydrogen-bond acceptors (Lipinski definition) is 4. The van der Waals surface area contributed by atoms with Gasteiger partial charge in [0.05, 0.1) is 5.69 Å². The van der Waals surface area contributed by atoms with Crippen LogP contribution in [0.25, 0.3) is 16.7 Å². The normalized spacial score (nSPS) is 13.9. The molecule has 0 atom stereocenters. The topological polar surface area (TPSA) is 59.4 Å². The zero-order valence-electron chi connectivity index (χ0n) is 19.3. The van der Waals surface area contributed by atoms with Crippen molar-refractivity contribution >= 4 is 16.9 Å². The second-order valence-electron chi connectivity index (χ2n) is 8.43. The van der Waals surface area contributed by atoms with Crippen molar-refractivity contribution in [2.24, 2.45) is 0 Å². The summed E-state index contributed by atoms with van der Waals surface area (Å²) in [5.41, 5.74) is 3.72. The molecule has 2 aromatic carbocycles. The number of pyridine rings is 1. The lowest BCUT2D eigenvalue weighted by Crippen LogP contribution is -2.46. The van der Waals surface area contributed by atoms with E-state index in [1.54, 1.807) is 12.3 Å². The number of halogens is 1. The van der Waals surface area contributed by atoms with Crippen LogP contribution in [0.15, 0.2) is 60.8 Å². The van der Waals surface area contributed by atoms with E-state index in [2.05, 4.69) is 17.2 Å². The maximum absolute atomic E-state index is 14.2. The fraction of sp³-hybridized carbons (Fsp3) is 0.259. The molecule has 1 aliphatic rings. The number of aromatic nitrogens is 2. The molecule has 5 rings (SSSR count). The molecular formula is C27H27FN4O2. The SMILES string of the molecule is CCc1ccnc2c1c(C(=O)N1CCNCC1)c(Oc1cc(F)ccc1C)n2-c1ccccc1. The fourth-order valence-electron chi connectivity index (χ4n) is 4.47. The summed E-state index contributed by atoms with van der Waals surface area (Å²) in [4.78, 5) is 20.5. The first kappa shape index (κ1) is 22.1. The van der Waals surface area contributed by atoms with Crippen LogP contribution in [0.3, 0.4) is 0 Å². The molecule has 0 radical (unpaired) electrons. The average molecular weight is 459 g/mol. The van der Waals surface area contributed by atoms with Crippen molar-refractivity contribution in [3.63, 3.8) is 0 Å². The van der Waals surface area contributed by atoms with E-state index >= 15 is 0 Å². The van der Waals surface area contributed by atoms with Crippen LogP contribution >= 0.6 is 0 Å². The van der Waals surface area contributed by atoms with Gasteiger partial charge in [-0.2, -0.15) is 0 Å². The van der Waals surface area contributed by atoms with Crippen molar-refractivity contribution in [1.29, 1.82) is 0 Å². The van der Waals surface area contributed by atoms with E-state index in [1.807, 2.05) is 52.8 Å². The summed E-state index contributed by atoms with van der Waals surface area (Å²) in [5.74, 6) is 0.220. The summed E-state index contributed by atoms with van der Waals surface area (Å²) in [6.45, 7) is 6.61. The van der Waals surface area contributed by atoms with Crippen molar-refractivity contribution in [1.82, 2.24) is 19.8 Å². The molecule has 2 aromatic heterocycles. The molecule has 34 heavy (non-hydrogen) atoms. The summed E-state index contributed by atoms with van der Waals surface area (Å²) >= 11 is 0. The minimum absolute atomic E-state index is 0.104. The summed E-state index contributed by atoms with van der Waals surface area (Å²) in [6.07, 6.45) is 2.50. The van der Waals surface area contributed by atoms with E-state index in [0.29, 0.717) is 35.9 Å². The number of para-hydroxylation sites is 1. The molecule has 6 nitrogen and oxygen atoms in total. The smallest absolute Gasteiger partial charge is 0.260 e. The van der Waals surface area contributed by atoms with E-state index in [4.69, 9.17) is 4.74 Å². The quantitative estimate of drug-likeness (QED) is 0.463. The minimum Gasteiger partial charge on any atom is -0.439 e. The molecule has 1 N–H and O–H groups in total. The maximum atomic E-state index is 14.2. The van der Waals surface area contributed by atoms with Gasteiger partial charge in [-0.05, 0) is 48.7 Å². The molecule has 1 fully saturated rings. The van der Waals surface area contributed by atoms with Crippen molar-refractivity contribution < 1.29 is 13.9 Å². The highest BCUT2D eigenvalue weighted by Gasteiger charge is 2.31. The first-order valence-electron chi connectivity index (χ1n) is 11.6. The van der Waals surface area contributed by atoms with Crippen molar-refractivity contribution in [2.75, 3.05) is 26.2 Å². The van der Waals surface area contributed by atoms with Gasteiger partial charge in [0, 0.05) is 43.8 Å². The van der Waals surface area contributed by atoms with Gasteiger partial charge in [0.1, 0.15) is 22.8 Å². The Hall–Kier alpha value is -3.71. The summed E-state index contributed by atoms with van der Waals surface area (Å²) in [6, 6.07) is 16.1. The molecule has 174 valence electrons. The van der Waals surface area contributed by atoms with E-state index in [1.165, 1.54) is 12.1 Å². The second-order valence-corrected chi connectivity index (χ2v) is 8.43. The number of aryl methyl sites for hydroxylation is 2. The maximum Gasteiger partial charge on any atom is 0.260 e. The molecule has 0 unspecified atom stereocenters. The third kappa shape index (κ3) is 3.92. The number of benzene rings is 2. The molecule has 1 aliphatic heterocycles. The largest absolute Gasteiger partial charge is 0.439 e. The standard InChI is InChI=1S/C27H27FN4O2/c1-3-19-11-12-30-25-23(19)24(26(33)31-15-13-29-14-16-31)27(32(25)21-7-5-4-6-8-21)34-22-17-20(28)10-9-18(22)2/h4-12,17,29H,3,13-16H2,1-2H3. The van der Waals surface area contributed by atoms with Crippen molar-refractivity contribution in [2.45, 2.75) is 20.3 Å². The summed E-state index contributed by atoms with van der Waals surface area (Å²) in [5, 5.41) is 4.07. The number of nitrogens with zero attached hydrogens (tertiary/aromatic N) is 3. The lowest BCUT2D eigenvalue weighted by atomic mass is 10.1. The van der Waals surface area contributed by atoms with Gasteiger partial charge in [-0.1, -0.05) is 31.2 Å². The van der Waals surface area contributed by atoms with Gasteiger partial charge in [-0.25, -0.2) is 9.37 Å². The van der Waals surface area contributed by atoms with Crippen LogP contribution in [0, 0.1) is 12.7 Å². The van der Waals surface area contributed by atoms with Crippen molar-refractivity contribution in [3.05, 3.63) is 83.3 Å². The fourth-order valence-corrected chi connectivity index (χ4v) is 4.47. The molecule has 4 aromatic rings. The Labute approximate surface area is 198 Å². The number of hydrogen-bond donors (Lipinski definition) is 1. The third-order valence-electron chi connectivity index (χ3n) is 6.27. The molecule has 1 saturated heterocycles. The molecule has 1 amide bonds. The van der Waals surface area contributed by atoms with Crippen LogP contribution in [0.1, 0.15) is 28.4 Å². The van der Waals surface area contributed by atoms with Crippen LogP contribution in [0.5, 0.6) is 11.6 Å². The minimum atomic E-state index is -0.398. The molecular weight excluding hydrogens is 431 g/mol. The lowest BCUT2D eigenvalue weighted by Gasteiger charge is -2.27. The summed E-state index contributed by atoms with van der Waals surface area (Å²) in [7, 11) is 0. The Morgan fingerprint density at radius 3 is 2.62 bits per heavy atom. The van der Waals surface area contributed by atoms with Gasteiger partial charge in [0.15, 0.2) is 0 Å². The Balaban J connectivity index is 1.82. The molecule has 0 saturated carbocycles. The lowest BCUT2D eigenvalue weighted by molar-refractivity contribution is 0.0735. The van der Waals surface area contributed by atoms with Crippen molar-refractivity contribution in [3.8, 4) is 17.3 Å². The van der Waals surface area contributed by atoms with Gasteiger partial charge in [-0.15, -0.1) is 0 Å². The van der Waals surface area contributed by atoms with Crippen LogP contribution in [-0.4, -0.2) is 46.5 Å². The number of piperazine rings is 1. The van der Waals surface area contributed by atoms with E-state index in [0.717, 1.165) is 41.7 Å². The Kier molecular flexibility index (Phi) is 6.02. The van der Waals surface area contributed by atoms with Gasteiger partial charge in [0.25, 0.3) is 5.91 Å². The number of amides is 1. The van der Waals surface area contributed by atoms with Crippen LogP contribution in [0.4, 0.5) is 4.39 Å². The van der Waals surface area contributed by atoms with E-state index < -0.39 is 5.82 Å². The molecule has 0 spiro atoms. The zero-order chi connectivity index (χ0) is 23.7. The highest BCUT2D eigenvalue weighted by Crippen LogP contribution is 2.40.